The molecule has 0 bridgehead atoms. The van der Waals surface area contributed by atoms with E-state index in [2.05, 4.69) is 21.7 Å². The summed E-state index contributed by atoms with van der Waals surface area (Å²) in [4.78, 5) is 2.43. The summed E-state index contributed by atoms with van der Waals surface area (Å²) in [6.07, 6.45) is 2.15. The molecule has 1 aromatic carbocycles. The molecule has 0 radical (unpaired) electrons. The predicted molar refractivity (Wildman–Crippen MR) is 82.1 cm³/mol. The molecule has 108 valence electrons. The lowest BCUT2D eigenvalue weighted by molar-refractivity contribution is 0.0365. The van der Waals surface area contributed by atoms with Gasteiger partial charge in [-0.2, -0.15) is 0 Å². The first-order chi connectivity index (χ1) is 9.78. The van der Waals surface area contributed by atoms with E-state index in [1.54, 1.807) is 0 Å². The van der Waals surface area contributed by atoms with Crippen LogP contribution in [0.4, 0.5) is 0 Å². The number of hydrogen-bond donors (Lipinski definition) is 1. The maximum Gasteiger partial charge on any atom is 0.0594 e. The van der Waals surface area contributed by atoms with Crippen LogP contribution in [-0.4, -0.2) is 42.3 Å². The Bertz CT molecular complexity index is 590. The largest absolute Gasteiger partial charge is 0.379 e. The average molecular weight is 294 g/mol. The third-order valence-corrected chi connectivity index (χ3v) is 4.14. The first-order valence-electron chi connectivity index (χ1n) is 7.05. The summed E-state index contributed by atoms with van der Waals surface area (Å²) in [6.45, 7) is 6.26. The monoisotopic (exact) mass is 293 g/mol. The zero-order valence-corrected chi connectivity index (χ0v) is 12.3. The molecule has 0 amide bonds. The van der Waals surface area contributed by atoms with Gasteiger partial charge in [-0.25, -0.2) is 0 Å². The van der Waals surface area contributed by atoms with E-state index in [1.165, 1.54) is 16.5 Å². The summed E-state index contributed by atoms with van der Waals surface area (Å²) < 4.78 is 7.64. The highest BCUT2D eigenvalue weighted by atomic mass is 35.5. The van der Waals surface area contributed by atoms with Crippen molar-refractivity contribution in [3.63, 3.8) is 0 Å². The van der Waals surface area contributed by atoms with Crippen LogP contribution in [0.15, 0.2) is 24.4 Å². The number of ether oxygens (including phenoxy) is 1. The Hall–Kier alpha value is -1.07. The quantitative estimate of drug-likeness (QED) is 0.939. The molecule has 2 N–H and O–H groups in total. The molecule has 3 rings (SSSR count). The molecule has 1 aliphatic heterocycles. The summed E-state index contributed by atoms with van der Waals surface area (Å²) in [5, 5.41) is 1.98. The lowest BCUT2D eigenvalue weighted by atomic mass is 10.2. The molecule has 0 saturated carbocycles. The molecule has 20 heavy (non-hydrogen) atoms. The molecule has 2 aromatic rings. The normalized spacial score (nSPS) is 16.9. The van der Waals surface area contributed by atoms with Crippen LogP contribution >= 0.6 is 11.6 Å². The number of halogens is 1. The lowest BCUT2D eigenvalue weighted by Crippen LogP contribution is -2.38. The Kier molecular flexibility index (Phi) is 4.27. The SMILES string of the molecule is NCc1cn(CCN2CCOCC2)c2cc(Cl)ccc12. The van der Waals surface area contributed by atoms with Gasteiger partial charge in [0.05, 0.1) is 13.2 Å². The van der Waals surface area contributed by atoms with Crippen LogP contribution < -0.4 is 5.73 Å². The minimum absolute atomic E-state index is 0.558. The van der Waals surface area contributed by atoms with Crippen molar-refractivity contribution in [1.82, 2.24) is 9.47 Å². The summed E-state index contributed by atoms with van der Waals surface area (Å²) in [5.41, 5.74) is 8.18. The second-order valence-electron chi connectivity index (χ2n) is 5.17. The fraction of sp³-hybridized carbons (Fsp3) is 0.467. The number of nitrogens with zero attached hydrogens (tertiary/aromatic N) is 2. The molecule has 0 atom stereocenters. The van der Waals surface area contributed by atoms with Crippen molar-refractivity contribution in [2.24, 2.45) is 5.73 Å². The second kappa shape index (κ2) is 6.14. The smallest absolute Gasteiger partial charge is 0.0594 e. The van der Waals surface area contributed by atoms with Crippen LogP contribution in [0.1, 0.15) is 5.56 Å². The zero-order valence-electron chi connectivity index (χ0n) is 11.5. The van der Waals surface area contributed by atoms with E-state index in [-0.39, 0.29) is 0 Å². The zero-order chi connectivity index (χ0) is 13.9. The van der Waals surface area contributed by atoms with E-state index in [9.17, 15) is 0 Å². The average Bonchev–Trinajstić information content (AvgIpc) is 2.83. The topological polar surface area (TPSA) is 43.4 Å². The van der Waals surface area contributed by atoms with Crippen LogP contribution in [0.2, 0.25) is 5.02 Å². The number of benzene rings is 1. The van der Waals surface area contributed by atoms with Crippen molar-refractivity contribution < 1.29 is 4.74 Å². The summed E-state index contributed by atoms with van der Waals surface area (Å²) in [7, 11) is 0. The van der Waals surface area contributed by atoms with Crippen LogP contribution in [0, 0.1) is 0 Å². The molecule has 2 heterocycles. The molecule has 0 unspecified atom stereocenters. The van der Waals surface area contributed by atoms with Crippen LogP contribution in [0.25, 0.3) is 10.9 Å². The third kappa shape index (κ3) is 2.83. The Morgan fingerprint density at radius 1 is 1.20 bits per heavy atom. The Labute approximate surface area is 124 Å². The first-order valence-corrected chi connectivity index (χ1v) is 7.43. The summed E-state index contributed by atoms with van der Waals surface area (Å²) >= 11 is 6.12. The van der Waals surface area contributed by atoms with E-state index in [0.29, 0.717) is 6.54 Å². The second-order valence-corrected chi connectivity index (χ2v) is 5.60. The number of morpholine rings is 1. The Balaban J connectivity index is 1.81. The van der Waals surface area contributed by atoms with E-state index in [1.807, 2.05) is 12.1 Å². The van der Waals surface area contributed by atoms with Crippen LogP contribution in [-0.2, 0) is 17.8 Å². The van der Waals surface area contributed by atoms with Gasteiger partial charge in [0, 0.05) is 54.8 Å². The van der Waals surface area contributed by atoms with E-state index < -0.39 is 0 Å². The molecule has 0 spiro atoms. The van der Waals surface area contributed by atoms with Gasteiger partial charge in [-0.05, 0) is 17.7 Å². The number of aromatic nitrogens is 1. The fourth-order valence-electron chi connectivity index (χ4n) is 2.76. The van der Waals surface area contributed by atoms with Gasteiger partial charge in [-0.15, -0.1) is 0 Å². The van der Waals surface area contributed by atoms with Gasteiger partial charge in [-0.1, -0.05) is 17.7 Å². The summed E-state index contributed by atoms with van der Waals surface area (Å²) in [5.74, 6) is 0. The van der Waals surface area contributed by atoms with Crippen LogP contribution in [0.3, 0.4) is 0 Å². The minimum atomic E-state index is 0.558. The van der Waals surface area contributed by atoms with Gasteiger partial charge in [0.15, 0.2) is 0 Å². The highest BCUT2D eigenvalue weighted by Gasteiger charge is 2.12. The van der Waals surface area contributed by atoms with Crippen molar-refractivity contribution in [3.8, 4) is 0 Å². The molecule has 1 aromatic heterocycles. The van der Waals surface area contributed by atoms with Gasteiger partial charge in [0.1, 0.15) is 0 Å². The number of nitrogens with two attached hydrogens (primary N) is 1. The van der Waals surface area contributed by atoms with Crippen molar-refractivity contribution in [1.29, 1.82) is 0 Å². The number of rotatable bonds is 4. The van der Waals surface area contributed by atoms with E-state index in [4.69, 9.17) is 22.1 Å². The van der Waals surface area contributed by atoms with Gasteiger partial charge < -0.3 is 15.0 Å². The molecular weight excluding hydrogens is 274 g/mol. The predicted octanol–water partition coefficient (Wildman–Crippen LogP) is 2.09. The Morgan fingerprint density at radius 3 is 2.75 bits per heavy atom. The molecule has 1 aliphatic rings. The van der Waals surface area contributed by atoms with Crippen molar-refractivity contribution in [2.75, 3.05) is 32.8 Å². The number of fused-ring (bicyclic) bond motifs is 1. The molecular formula is C15H20ClN3O. The van der Waals surface area contributed by atoms with Crippen molar-refractivity contribution in [3.05, 3.63) is 35.0 Å². The van der Waals surface area contributed by atoms with E-state index >= 15 is 0 Å². The number of hydrogen-bond acceptors (Lipinski definition) is 3. The van der Waals surface area contributed by atoms with Gasteiger partial charge in [0.25, 0.3) is 0 Å². The van der Waals surface area contributed by atoms with Gasteiger partial charge in [0.2, 0.25) is 0 Å². The Morgan fingerprint density at radius 2 is 2.00 bits per heavy atom. The summed E-state index contributed by atoms with van der Waals surface area (Å²) in [6, 6.07) is 6.01. The standard InChI is InChI=1S/C15H20ClN3O/c16-13-1-2-14-12(10-17)11-19(15(14)9-13)4-3-18-5-7-20-8-6-18/h1-2,9,11H,3-8,10,17H2. The molecule has 5 heteroatoms. The molecule has 0 aliphatic carbocycles. The lowest BCUT2D eigenvalue weighted by Gasteiger charge is -2.26. The highest BCUT2D eigenvalue weighted by molar-refractivity contribution is 6.31. The third-order valence-electron chi connectivity index (χ3n) is 3.91. The first kappa shape index (κ1) is 13.9. The van der Waals surface area contributed by atoms with Crippen molar-refractivity contribution in [2.45, 2.75) is 13.1 Å². The highest BCUT2D eigenvalue weighted by Crippen LogP contribution is 2.24. The molecule has 4 nitrogen and oxygen atoms in total. The maximum absolute atomic E-state index is 6.12. The minimum Gasteiger partial charge on any atom is -0.379 e. The van der Waals surface area contributed by atoms with Crippen LogP contribution in [0.5, 0.6) is 0 Å². The molecule has 1 saturated heterocycles. The van der Waals surface area contributed by atoms with Gasteiger partial charge >= 0.3 is 0 Å². The maximum atomic E-state index is 6.12. The molecule has 1 fully saturated rings. The van der Waals surface area contributed by atoms with E-state index in [0.717, 1.165) is 44.4 Å². The van der Waals surface area contributed by atoms with Gasteiger partial charge in [-0.3, -0.25) is 4.90 Å². The van der Waals surface area contributed by atoms with Crippen molar-refractivity contribution >= 4 is 22.5 Å². The fourth-order valence-corrected chi connectivity index (χ4v) is 2.93.